The van der Waals surface area contributed by atoms with Crippen LogP contribution in [0, 0.1) is 0 Å². The van der Waals surface area contributed by atoms with Crippen molar-refractivity contribution in [2.75, 3.05) is 14.2 Å². The Morgan fingerprint density at radius 2 is 1.96 bits per heavy atom. The van der Waals surface area contributed by atoms with Crippen LogP contribution >= 0.6 is 0 Å². The fraction of sp³-hybridized carbons (Fsp3) is 0.529. The molecule has 1 aliphatic rings. The average molecular weight is 321 g/mol. The molecule has 1 N–H and O–H groups in total. The summed E-state index contributed by atoms with van der Waals surface area (Å²) in [5, 5.41) is 2.83. The molecule has 126 valence electrons. The fourth-order valence-electron chi connectivity index (χ4n) is 2.55. The molecule has 0 aromatic heterocycles. The van der Waals surface area contributed by atoms with E-state index in [9.17, 15) is 9.59 Å². The third-order valence-electron chi connectivity index (χ3n) is 3.60. The fourth-order valence-corrected chi connectivity index (χ4v) is 2.55. The van der Waals surface area contributed by atoms with Crippen molar-refractivity contribution in [3.05, 3.63) is 23.8 Å². The Bertz CT molecular complexity index is 605. The van der Waals surface area contributed by atoms with Crippen molar-refractivity contribution in [1.29, 1.82) is 0 Å². The normalized spacial score (nSPS) is 20.8. The summed E-state index contributed by atoms with van der Waals surface area (Å²) in [4.78, 5) is 24.4. The van der Waals surface area contributed by atoms with Crippen LogP contribution < -0.4 is 14.8 Å². The standard InChI is InChI=1S/C17H23NO5/c1-17(2,3)18-15(19)14-9-12(16(20)23-14)11-7-6-10(21-4)8-13(11)22-5/h6-8,12,14H,9H2,1-5H3,(H,18,19)/t12-,14-/m1/s1. The van der Waals surface area contributed by atoms with Gasteiger partial charge in [0.1, 0.15) is 11.5 Å². The lowest BCUT2D eigenvalue weighted by atomic mass is 9.94. The number of carbonyl (C=O) groups is 2. The van der Waals surface area contributed by atoms with Crippen LogP contribution in [0.5, 0.6) is 11.5 Å². The summed E-state index contributed by atoms with van der Waals surface area (Å²) in [5.41, 5.74) is 0.323. The maximum absolute atomic E-state index is 12.2. The predicted octanol–water partition coefficient (Wildman–Crippen LogP) is 2.02. The Kier molecular flexibility index (Phi) is 4.82. The number of carbonyl (C=O) groups excluding carboxylic acids is 2. The van der Waals surface area contributed by atoms with Crippen molar-refractivity contribution in [2.45, 2.75) is 44.8 Å². The summed E-state index contributed by atoms with van der Waals surface area (Å²) in [6.07, 6.45) is -0.484. The number of cyclic esters (lactones) is 1. The second-order valence-electron chi connectivity index (χ2n) is 6.56. The lowest BCUT2D eigenvalue weighted by Crippen LogP contribution is -2.45. The molecule has 6 nitrogen and oxygen atoms in total. The van der Waals surface area contributed by atoms with Crippen LogP contribution in [0.4, 0.5) is 0 Å². The van der Waals surface area contributed by atoms with Crippen LogP contribution in [0.2, 0.25) is 0 Å². The van der Waals surface area contributed by atoms with E-state index in [-0.39, 0.29) is 11.4 Å². The number of ether oxygens (including phenoxy) is 3. The maximum atomic E-state index is 12.2. The number of rotatable bonds is 4. The molecule has 1 amide bonds. The quantitative estimate of drug-likeness (QED) is 0.859. The lowest BCUT2D eigenvalue weighted by Gasteiger charge is -2.22. The van der Waals surface area contributed by atoms with E-state index >= 15 is 0 Å². The molecule has 2 atom stereocenters. The van der Waals surface area contributed by atoms with E-state index in [2.05, 4.69) is 5.32 Å². The van der Waals surface area contributed by atoms with Gasteiger partial charge in [0.2, 0.25) is 0 Å². The molecule has 23 heavy (non-hydrogen) atoms. The van der Waals surface area contributed by atoms with Crippen molar-refractivity contribution in [1.82, 2.24) is 5.32 Å². The molecule has 1 aromatic carbocycles. The van der Waals surface area contributed by atoms with E-state index in [0.29, 0.717) is 23.5 Å². The third-order valence-corrected chi connectivity index (χ3v) is 3.60. The Labute approximate surface area is 136 Å². The van der Waals surface area contributed by atoms with Crippen LogP contribution in [-0.2, 0) is 14.3 Å². The summed E-state index contributed by atoms with van der Waals surface area (Å²) in [6.45, 7) is 5.64. The first kappa shape index (κ1) is 17.1. The molecule has 1 aliphatic heterocycles. The zero-order chi connectivity index (χ0) is 17.2. The predicted molar refractivity (Wildman–Crippen MR) is 84.7 cm³/mol. The minimum atomic E-state index is -0.779. The molecule has 6 heteroatoms. The Morgan fingerprint density at radius 3 is 2.52 bits per heavy atom. The number of esters is 1. The second kappa shape index (κ2) is 6.48. The molecular formula is C17H23NO5. The third kappa shape index (κ3) is 3.94. The highest BCUT2D eigenvalue weighted by molar-refractivity contribution is 5.90. The summed E-state index contributed by atoms with van der Waals surface area (Å²) >= 11 is 0. The minimum Gasteiger partial charge on any atom is -0.497 e. The summed E-state index contributed by atoms with van der Waals surface area (Å²) < 4.78 is 15.7. The zero-order valence-corrected chi connectivity index (χ0v) is 14.1. The van der Waals surface area contributed by atoms with Gasteiger partial charge in [0.05, 0.1) is 20.1 Å². The van der Waals surface area contributed by atoms with Gasteiger partial charge >= 0.3 is 5.97 Å². The van der Waals surface area contributed by atoms with Crippen LogP contribution in [0.1, 0.15) is 38.7 Å². The molecule has 0 aliphatic carbocycles. The zero-order valence-electron chi connectivity index (χ0n) is 14.1. The molecule has 1 heterocycles. The van der Waals surface area contributed by atoms with Gasteiger partial charge in [-0.1, -0.05) is 6.07 Å². The molecule has 2 rings (SSSR count). The van der Waals surface area contributed by atoms with Crippen LogP contribution in [0.25, 0.3) is 0 Å². The number of methoxy groups -OCH3 is 2. The summed E-state index contributed by atoms with van der Waals surface area (Å²) in [5.74, 6) is -0.0305. The summed E-state index contributed by atoms with van der Waals surface area (Å²) in [6, 6.07) is 5.24. The molecule has 0 radical (unpaired) electrons. The average Bonchev–Trinajstić information content (AvgIpc) is 2.86. The topological polar surface area (TPSA) is 73.9 Å². The van der Waals surface area contributed by atoms with Gasteiger partial charge in [-0.15, -0.1) is 0 Å². The highest BCUT2D eigenvalue weighted by atomic mass is 16.6. The molecule has 0 unspecified atom stereocenters. The first-order valence-corrected chi connectivity index (χ1v) is 7.49. The van der Waals surface area contributed by atoms with Crippen LogP contribution in [0.3, 0.4) is 0 Å². The first-order chi connectivity index (χ1) is 10.7. The Hall–Kier alpha value is -2.24. The molecular weight excluding hydrogens is 298 g/mol. The van der Waals surface area contributed by atoms with E-state index < -0.39 is 18.0 Å². The Balaban J connectivity index is 2.19. The van der Waals surface area contributed by atoms with Crippen LogP contribution in [-0.4, -0.2) is 37.7 Å². The van der Waals surface area contributed by atoms with Gasteiger partial charge in [-0.25, -0.2) is 0 Å². The number of amides is 1. The number of hydrogen-bond donors (Lipinski definition) is 1. The summed E-state index contributed by atoms with van der Waals surface area (Å²) in [7, 11) is 3.09. The second-order valence-corrected chi connectivity index (χ2v) is 6.56. The minimum absolute atomic E-state index is 0.277. The molecule has 0 bridgehead atoms. The van der Waals surface area contributed by atoms with Gasteiger partial charge < -0.3 is 19.5 Å². The molecule has 1 saturated heterocycles. The number of hydrogen-bond acceptors (Lipinski definition) is 5. The lowest BCUT2D eigenvalue weighted by molar-refractivity contribution is -0.149. The van der Waals surface area contributed by atoms with Gasteiger partial charge in [-0.3, -0.25) is 9.59 Å². The van der Waals surface area contributed by atoms with Crippen molar-refractivity contribution in [3.63, 3.8) is 0 Å². The van der Waals surface area contributed by atoms with Gasteiger partial charge in [0.15, 0.2) is 6.10 Å². The van der Waals surface area contributed by atoms with Gasteiger partial charge in [0, 0.05) is 23.6 Å². The number of benzene rings is 1. The Morgan fingerprint density at radius 1 is 1.26 bits per heavy atom. The van der Waals surface area contributed by atoms with E-state index in [4.69, 9.17) is 14.2 Å². The number of nitrogens with one attached hydrogen (secondary N) is 1. The van der Waals surface area contributed by atoms with Gasteiger partial charge in [0.25, 0.3) is 5.91 Å². The molecule has 1 aromatic rings. The van der Waals surface area contributed by atoms with Crippen LogP contribution in [0.15, 0.2) is 18.2 Å². The molecule has 1 fully saturated rings. The van der Waals surface area contributed by atoms with Crippen molar-refractivity contribution < 1.29 is 23.8 Å². The van der Waals surface area contributed by atoms with Gasteiger partial charge in [-0.05, 0) is 26.8 Å². The highest BCUT2D eigenvalue weighted by Gasteiger charge is 2.41. The van der Waals surface area contributed by atoms with Crippen molar-refractivity contribution in [2.24, 2.45) is 0 Å². The first-order valence-electron chi connectivity index (χ1n) is 7.49. The van der Waals surface area contributed by atoms with E-state index in [1.807, 2.05) is 20.8 Å². The molecule has 0 saturated carbocycles. The smallest absolute Gasteiger partial charge is 0.314 e. The van der Waals surface area contributed by atoms with E-state index in [0.717, 1.165) is 0 Å². The van der Waals surface area contributed by atoms with Gasteiger partial charge in [-0.2, -0.15) is 0 Å². The van der Waals surface area contributed by atoms with E-state index in [1.165, 1.54) is 7.11 Å². The van der Waals surface area contributed by atoms with E-state index in [1.54, 1.807) is 25.3 Å². The highest BCUT2D eigenvalue weighted by Crippen LogP contribution is 2.38. The SMILES string of the molecule is COc1ccc([C@H]2C[C@H](C(=O)NC(C)(C)C)OC2=O)c(OC)c1. The monoisotopic (exact) mass is 321 g/mol. The van der Waals surface area contributed by atoms with Crippen molar-refractivity contribution >= 4 is 11.9 Å². The maximum Gasteiger partial charge on any atom is 0.314 e. The molecule has 0 spiro atoms. The van der Waals surface area contributed by atoms with Crippen molar-refractivity contribution in [3.8, 4) is 11.5 Å². The largest absolute Gasteiger partial charge is 0.497 e.